The molecule has 5 heteroatoms. The van der Waals surface area contributed by atoms with Crippen molar-refractivity contribution < 1.29 is 9.21 Å². The van der Waals surface area contributed by atoms with Gasteiger partial charge in [0, 0.05) is 5.56 Å². The molecule has 0 radical (unpaired) electrons. The zero-order valence-corrected chi connectivity index (χ0v) is 9.45. The lowest BCUT2D eigenvalue weighted by molar-refractivity contribution is 0.0926. The predicted molar refractivity (Wildman–Crippen MR) is 62.8 cm³/mol. The van der Waals surface area contributed by atoms with Crippen molar-refractivity contribution in [3.8, 4) is 0 Å². The molecule has 1 amide bonds. The highest BCUT2D eigenvalue weighted by atomic mass is 32.1. The van der Waals surface area contributed by atoms with Crippen LogP contribution < -0.4 is 5.43 Å². The van der Waals surface area contributed by atoms with Gasteiger partial charge in [0.05, 0.1) is 6.21 Å². The van der Waals surface area contributed by atoms with E-state index < -0.39 is 0 Å². The van der Waals surface area contributed by atoms with E-state index in [1.807, 2.05) is 16.8 Å². The molecule has 0 aliphatic rings. The van der Waals surface area contributed by atoms with Crippen LogP contribution in [0.25, 0.3) is 0 Å². The summed E-state index contributed by atoms with van der Waals surface area (Å²) in [6, 6.07) is 5.26. The molecule has 16 heavy (non-hydrogen) atoms. The van der Waals surface area contributed by atoms with E-state index in [0.717, 1.165) is 5.56 Å². The molecule has 0 aliphatic heterocycles. The topological polar surface area (TPSA) is 54.6 Å². The zero-order valence-electron chi connectivity index (χ0n) is 8.64. The first-order valence-corrected chi connectivity index (χ1v) is 5.62. The average molecular weight is 234 g/mol. The molecule has 0 atom stereocenters. The molecule has 0 unspecified atom stereocenters. The van der Waals surface area contributed by atoms with Gasteiger partial charge in [0.1, 0.15) is 5.76 Å². The summed E-state index contributed by atoms with van der Waals surface area (Å²) in [4.78, 5) is 11.5. The zero-order chi connectivity index (χ0) is 11.4. The first-order chi connectivity index (χ1) is 7.75. The van der Waals surface area contributed by atoms with Gasteiger partial charge >= 0.3 is 5.91 Å². The largest absolute Gasteiger partial charge is 0.456 e. The Morgan fingerprint density at radius 2 is 2.38 bits per heavy atom. The Morgan fingerprint density at radius 1 is 1.50 bits per heavy atom. The van der Waals surface area contributed by atoms with Gasteiger partial charge in [-0.2, -0.15) is 16.4 Å². The van der Waals surface area contributed by atoms with Gasteiger partial charge in [-0.3, -0.25) is 4.79 Å². The van der Waals surface area contributed by atoms with Crippen LogP contribution in [-0.2, 0) is 0 Å². The van der Waals surface area contributed by atoms with E-state index in [0.29, 0.717) is 5.76 Å². The smallest absolute Gasteiger partial charge is 0.307 e. The standard InChI is InChI=1S/C11H10N2O2S/c1-8-2-3-10(15-8)11(14)13-12-6-9-4-5-16-7-9/h2-7H,1H3,(H,13,14). The van der Waals surface area contributed by atoms with Crippen LogP contribution >= 0.6 is 11.3 Å². The minimum absolute atomic E-state index is 0.264. The Balaban J connectivity index is 1.94. The second-order valence-corrected chi connectivity index (χ2v) is 3.95. The van der Waals surface area contributed by atoms with Crippen molar-refractivity contribution >= 4 is 23.5 Å². The van der Waals surface area contributed by atoms with Crippen molar-refractivity contribution in [1.29, 1.82) is 0 Å². The molecule has 0 aromatic carbocycles. The molecule has 0 saturated heterocycles. The SMILES string of the molecule is Cc1ccc(C(=O)NN=Cc2ccsc2)o1. The number of nitrogens with zero attached hydrogens (tertiary/aromatic N) is 1. The number of hydrazone groups is 1. The monoisotopic (exact) mass is 234 g/mol. The van der Waals surface area contributed by atoms with Crippen LogP contribution in [0.3, 0.4) is 0 Å². The molecule has 2 aromatic rings. The molecule has 1 N–H and O–H groups in total. The van der Waals surface area contributed by atoms with Crippen LogP contribution in [0.1, 0.15) is 21.9 Å². The molecule has 82 valence electrons. The van der Waals surface area contributed by atoms with Gasteiger partial charge < -0.3 is 4.42 Å². The van der Waals surface area contributed by atoms with Crippen molar-refractivity contribution in [3.05, 3.63) is 46.0 Å². The van der Waals surface area contributed by atoms with E-state index >= 15 is 0 Å². The van der Waals surface area contributed by atoms with Gasteiger partial charge in [0.15, 0.2) is 5.76 Å². The van der Waals surface area contributed by atoms with Crippen molar-refractivity contribution in [1.82, 2.24) is 5.43 Å². The molecule has 0 saturated carbocycles. The fraction of sp³-hybridized carbons (Fsp3) is 0.0909. The minimum Gasteiger partial charge on any atom is -0.456 e. The highest BCUT2D eigenvalue weighted by Crippen LogP contribution is 2.06. The lowest BCUT2D eigenvalue weighted by Crippen LogP contribution is -2.16. The van der Waals surface area contributed by atoms with E-state index in [2.05, 4.69) is 10.5 Å². The van der Waals surface area contributed by atoms with E-state index in [9.17, 15) is 4.79 Å². The highest BCUT2D eigenvalue weighted by Gasteiger charge is 2.07. The van der Waals surface area contributed by atoms with Crippen molar-refractivity contribution in [3.63, 3.8) is 0 Å². The molecule has 2 aromatic heterocycles. The summed E-state index contributed by atoms with van der Waals surface area (Å²) in [6.45, 7) is 1.78. The number of amides is 1. The third-order valence-electron chi connectivity index (χ3n) is 1.89. The average Bonchev–Trinajstić information content (AvgIpc) is 2.89. The minimum atomic E-state index is -0.348. The van der Waals surface area contributed by atoms with Crippen molar-refractivity contribution in [2.75, 3.05) is 0 Å². The first kappa shape index (κ1) is 10.6. The van der Waals surface area contributed by atoms with Gasteiger partial charge in [-0.15, -0.1) is 0 Å². The highest BCUT2D eigenvalue weighted by molar-refractivity contribution is 7.08. The first-order valence-electron chi connectivity index (χ1n) is 4.68. The molecule has 0 bridgehead atoms. The number of aryl methyl sites for hydroxylation is 1. The number of hydrogen-bond acceptors (Lipinski definition) is 4. The third-order valence-corrected chi connectivity index (χ3v) is 2.59. The molecule has 4 nitrogen and oxygen atoms in total. The van der Waals surface area contributed by atoms with Gasteiger partial charge in [-0.25, -0.2) is 5.43 Å². The molecule has 2 rings (SSSR count). The number of hydrogen-bond donors (Lipinski definition) is 1. The van der Waals surface area contributed by atoms with Gasteiger partial charge in [0.25, 0.3) is 0 Å². The van der Waals surface area contributed by atoms with Gasteiger partial charge in [-0.1, -0.05) is 0 Å². The van der Waals surface area contributed by atoms with Crippen LogP contribution in [0.15, 0.2) is 38.5 Å². The lowest BCUT2D eigenvalue weighted by Gasteiger charge is -1.94. The molecule has 0 aliphatic carbocycles. The number of furan rings is 1. The van der Waals surface area contributed by atoms with Crippen molar-refractivity contribution in [2.45, 2.75) is 6.92 Å². The maximum atomic E-state index is 11.5. The van der Waals surface area contributed by atoms with E-state index in [1.54, 1.807) is 36.6 Å². The van der Waals surface area contributed by atoms with Gasteiger partial charge in [0.2, 0.25) is 0 Å². The quantitative estimate of drug-likeness (QED) is 0.655. The van der Waals surface area contributed by atoms with Crippen LogP contribution in [-0.4, -0.2) is 12.1 Å². The number of carbonyl (C=O) groups is 1. The number of rotatable bonds is 3. The Morgan fingerprint density at radius 3 is 3.00 bits per heavy atom. The van der Waals surface area contributed by atoms with Crippen LogP contribution in [0.5, 0.6) is 0 Å². The second-order valence-electron chi connectivity index (χ2n) is 3.17. The fourth-order valence-corrected chi connectivity index (χ4v) is 1.74. The Labute approximate surface area is 96.6 Å². The molecule has 0 fully saturated rings. The van der Waals surface area contributed by atoms with Gasteiger partial charge in [-0.05, 0) is 35.9 Å². The molecule has 2 heterocycles. The molecule has 0 spiro atoms. The summed E-state index contributed by atoms with van der Waals surface area (Å²) < 4.78 is 5.15. The number of thiophene rings is 1. The van der Waals surface area contributed by atoms with E-state index in [1.165, 1.54) is 0 Å². The summed E-state index contributed by atoms with van der Waals surface area (Å²) in [5.74, 6) is 0.617. The third kappa shape index (κ3) is 2.58. The summed E-state index contributed by atoms with van der Waals surface area (Å²) in [5, 5.41) is 7.70. The Hall–Kier alpha value is -1.88. The maximum Gasteiger partial charge on any atom is 0.307 e. The van der Waals surface area contributed by atoms with E-state index in [4.69, 9.17) is 4.42 Å². The summed E-state index contributed by atoms with van der Waals surface area (Å²) in [5.41, 5.74) is 3.35. The fourth-order valence-electron chi connectivity index (χ4n) is 1.13. The predicted octanol–water partition coefficient (Wildman–Crippen LogP) is 2.41. The van der Waals surface area contributed by atoms with Crippen LogP contribution in [0.2, 0.25) is 0 Å². The van der Waals surface area contributed by atoms with E-state index in [-0.39, 0.29) is 11.7 Å². The summed E-state index contributed by atoms with van der Waals surface area (Å²) in [7, 11) is 0. The maximum absolute atomic E-state index is 11.5. The van der Waals surface area contributed by atoms with Crippen LogP contribution in [0, 0.1) is 6.92 Å². The normalized spacial score (nSPS) is 10.8. The molecular formula is C11H10N2O2S. The van der Waals surface area contributed by atoms with Crippen LogP contribution in [0.4, 0.5) is 0 Å². The Kier molecular flexibility index (Phi) is 3.16. The summed E-state index contributed by atoms with van der Waals surface area (Å²) >= 11 is 1.58. The van der Waals surface area contributed by atoms with Crippen molar-refractivity contribution in [2.24, 2.45) is 5.10 Å². The molecular weight excluding hydrogens is 224 g/mol. The Bertz CT molecular complexity index is 500. The number of carbonyl (C=O) groups excluding carboxylic acids is 1. The summed E-state index contributed by atoms with van der Waals surface area (Å²) in [6.07, 6.45) is 1.59. The lowest BCUT2D eigenvalue weighted by atomic mass is 10.4. The second kappa shape index (κ2) is 4.76. The number of nitrogens with one attached hydrogen (secondary N) is 1.